The van der Waals surface area contributed by atoms with Crippen LogP contribution in [0.25, 0.3) is 0 Å². The van der Waals surface area contributed by atoms with Crippen molar-refractivity contribution in [2.24, 2.45) is 0 Å². The van der Waals surface area contributed by atoms with Gasteiger partial charge in [0.2, 0.25) is 5.91 Å². The fourth-order valence-electron chi connectivity index (χ4n) is 1.87. The number of hydrogen-bond acceptors (Lipinski definition) is 2. The van der Waals surface area contributed by atoms with Crippen LogP contribution in [0.5, 0.6) is 0 Å². The molecule has 0 aromatic heterocycles. The Morgan fingerprint density at radius 2 is 1.58 bits per heavy atom. The smallest absolute Gasteiger partial charge is 0.374 e. The first-order valence-electron chi connectivity index (χ1n) is 6.53. The summed E-state index contributed by atoms with van der Waals surface area (Å²) in [5, 5.41) is 4.21. The van der Waals surface area contributed by atoms with Gasteiger partial charge in [-0.15, -0.1) is 0 Å². The van der Waals surface area contributed by atoms with E-state index in [1.165, 1.54) is 6.07 Å². The number of benzene rings is 2. The highest BCUT2D eigenvalue weighted by Gasteiger charge is 2.33. The molecule has 1 amide bonds. The second-order valence-corrected chi connectivity index (χ2v) is 4.67. The van der Waals surface area contributed by atoms with E-state index < -0.39 is 53.0 Å². The SMILES string of the molecule is O=C(CNc1ccc(F)c(F)c1F)Nc1ccccc1C(F)(F)F. The third kappa shape index (κ3) is 3.98. The molecule has 3 nitrogen and oxygen atoms in total. The van der Waals surface area contributed by atoms with E-state index in [1.807, 2.05) is 5.32 Å². The van der Waals surface area contributed by atoms with E-state index in [0.717, 1.165) is 24.3 Å². The Hall–Kier alpha value is -2.71. The summed E-state index contributed by atoms with van der Waals surface area (Å²) in [4.78, 5) is 11.7. The van der Waals surface area contributed by atoms with E-state index in [-0.39, 0.29) is 0 Å². The lowest BCUT2D eigenvalue weighted by Crippen LogP contribution is -2.24. The van der Waals surface area contributed by atoms with Crippen molar-refractivity contribution < 1.29 is 31.1 Å². The van der Waals surface area contributed by atoms with Crippen LogP contribution in [0.1, 0.15) is 5.56 Å². The zero-order valence-corrected chi connectivity index (χ0v) is 11.8. The number of hydrogen-bond donors (Lipinski definition) is 2. The molecule has 0 bridgehead atoms. The van der Waals surface area contributed by atoms with Crippen LogP contribution in [0.2, 0.25) is 0 Å². The average Bonchev–Trinajstić information content (AvgIpc) is 2.51. The normalized spacial score (nSPS) is 11.2. The van der Waals surface area contributed by atoms with Crippen molar-refractivity contribution in [2.75, 3.05) is 17.2 Å². The van der Waals surface area contributed by atoms with Gasteiger partial charge in [0, 0.05) is 0 Å². The Labute approximate surface area is 132 Å². The molecule has 128 valence electrons. The van der Waals surface area contributed by atoms with Gasteiger partial charge >= 0.3 is 6.18 Å². The molecular formula is C15H10F6N2O. The molecule has 0 heterocycles. The predicted molar refractivity (Wildman–Crippen MR) is 74.9 cm³/mol. The molecule has 0 unspecified atom stereocenters. The lowest BCUT2D eigenvalue weighted by atomic mass is 10.1. The Bertz CT molecular complexity index is 760. The van der Waals surface area contributed by atoms with Gasteiger partial charge in [0.25, 0.3) is 0 Å². The topological polar surface area (TPSA) is 41.1 Å². The van der Waals surface area contributed by atoms with Crippen LogP contribution in [-0.4, -0.2) is 12.5 Å². The number of carbonyl (C=O) groups is 1. The Kier molecular flexibility index (Phi) is 5.01. The van der Waals surface area contributed by atoms with Crippen molar-refractivity contribution in [1.82, 2.24) is 0 Å². The molecule has 9 heteroatoms. The molecule has 2 aromatic rings. The fraction of sp³-hybridized carbons (Fsp3) is 0.133. The van der Waals surface area contributed by atoms with E-state index in [1.54, 1.807) is 0 Å². The van der Waals surface area contributed by atoms with Crippen molar-refractivity contribution in [3.63, 3.8) is 0 Å². The van der Waals surface area contributed by atoms with Crippen molar-refractivity contribution in [3.8, 4) is 0 Å². The number of halogens is 6. The number of nitrogens with one attached hydrogen (secondary N) is 2. The molecule has 0 fully saturated rings. The Morgan fingerprint density at radius 1 is 0.917 bits per heavy atom. The third-order valence-corrected chi connectivity index (χ3v) is 2.98. The van der Waals surface area contributed by atoms with Gasteiger partial charge in [-0.1, -0.05) is 12.1 Å². The molecule has 0 radical (unpaired) electrons. The second kappa shape index (κ2) is 6.81. The number of rotatable bonds is 4. The summed E-state index contributed by atoms with van der Waals surface area (Å²) in [6.45, 7) is -0.645. The summed E-state index contributed by atoms with van der Waals surface area (Å²) in [5.41, 5.74) is -2.01. The van der Waals surface area contributed by atoms with Crippen LogP contribution in [-0.2, 0) is 11.0 Å². The van der Waals surface area contributed by atoms with Gasteiger partial charge in [0.15, 0.2) is 17.5 Å². The van der Waals surface area contributed by atoms with E-state index in [2.05, 4.69) is 5.32 Å². The summed E-state index contributed by atoms with van der Waals surface area (Å²) in [5.74, 6) is -5.57. The van der Waals surface area contributed by atoms with Crippen LogP contribution in [0.4, 0.5) is 37.7 Å². The maximum atomic E-state index is 13.4. The van der Waals surface area contributed by atoms with E-state index in [0.29, 0.717) is 6.07 Å². The van der Waals surface area contributed by atoms with Crippen molar-refractivity contribution >= 4 is 17.3 Å². The van der Waals surface area contributed by atoms with E-state index in [9.17, 15) is 31.1 Å². The molecule has 24 heavy (non-hydrogen) atoms. The molecule has 2 aromatic carbocycles. The first-order valence-corrected chi connectivity index (χ1v) is 6.53. The minimum atomic E-state index is -4.66. The Balaban J connectivity index is 2.07. The highest BCUT2D eigenvalue weighted by Crippen LogP contribution is 2.34. The lowest BCUT2D eigenvalue weighted by molar-refractivity contribution is -0.137. The molecule has 0 atom stereocenters. The number of anilines is 2. The Morgan fingerprint density at radius 3 is 2.25 bits per heavy atom. The maximum Gasteiger partial charge on any atom is 0.418 e. The molecule has 2 rings (SSSR count). The van der Waals surface area contributed by atoms with Gasteiger partial charge in [0.05, 0.1) is 23.5 Å². The van der Waals surface area contributed by atoms with Gasteiger partial charge in [0.1, 0.15) is 0 Å². The molecule has 0 spiro atoms. The van der Waals surface area contributed by atoms with E-state index >= 15 is 0 Å². The summed E-state index contributed by atoms with van der Waals surface area (Å²) >= 11 is 0. The summed E-state index contributed by atoms with van der Waals surface area (Å²) in [7, 11) is 0. The minimum absolute atomic E-state index is 0.470. The lowest BCUT2D eigenvalue weighted by Gasteiger charge is -2.14. The van der Waals surface area contributed by atoms with Crippen molar-refractivity contribution in [1.29, 1.82) is 0 Å². The average molecular weight is 348 g/mol. The standard InChI is InChI=1S/C15H10F6N2O/c16-9-5-6-11(14(18)13(9)17)22-7-12(24)23-10-4-2-1-3-8(10)15(19,20)21/h1-6,22H,7H2,(H,23,24). The number of para-hydroxylation sites is 1. The van der Waals surface area contributed by atoms with Crippen LogP contribution in [0, 0.1) is 17.5 Å². The van der Waals surface area contributed by atoms with Gasteiger partial charge in [-0.3, -0.25) is 4.79 Å². The van der Waals surface area contributed by atoms with Crippen LogP contribution in [0.15, 0.2) is 36.4 Å². The van der Waals surface area contributed by atoms with Crippen LogP contribution < -0.4 is 10.6 Å². The number of alkyl halides is 3. The monoisotopic (exact) mass is 348 g/mol. The molecule has 0 saturated carbocycles. The van der Waals surface area contributed by atoms with Crippen LogP contribution in [0.3, 0.4) is 0 Å². The fourth-order valence-corrected chi connectivity index (χ4v) is 1.87. The molecule has 2 N–H and O–H groups in total. The quantitative estimate of drug-likeness (QED) is 0.643. The van der Waals surface area contributed by atoms with Gasteiger partial charge in [-0.2, -0.15) is 13.2 Å². The number of carbonyl (C=O) groups excluding carboxylic acids is 1. The van der Waals surface area contributed by atoms with Crippen molar-refractivity contribution in [2.45, 2.75) is 6.18 Å². The van der Waals surface area contributed by atoms with Crippen molar-refractivity contribution in [3.05, 3.63) is 59.4 Å². The largest absolute Gasteiger partial charge is 0.418 e. The first-order chi connectivity index (χ1) is 11.2. The third-order valence-electron chi connectivity index (χ3n) is 2.98. The highest BCUT2D eigenvalue weighted by atomic mass is 19.4. The second-order valence-electron chi connectivity index (χ2n) is 4.67. The van der Waals surface area contributed by atoms with Gasteiger partial charge < -0.3 is 10.6 Å². The first kappa shape index (κ1) is 17.6. The molecular weight excluding hydrogens is 338 g/mol. The number of amides is 1. The van der Waals surface area contributed by atoms with Gasteiger partial charge in [-0.05, 0) is 24.3 Å². The highest BCUT2D eigenvalue weighted by molar-refractivity contribution is 5.94. The zero-order chi connectivity index (χ0) is 17.9. The maximum absolute atomic E-state index is 13.4. The molecule has 0 aliphatic carbocycles. The molecule has 0 aliphatic heterocycles. The molecule has 0 aliphatic rings. The summed E-state index contributed by atoms with van der Waals surface area (Å²) in [6.07, 6.45) is -4.66. The van der Waals surface area contributed by atoms with Gasteiger partial charge in [-0.25, -0.2) is 13.2 Å². The van der Waals surface area contributed by atoms with Crippen LogP contribution >= 0.6 is 0 Å². The predicted octanol–water partition coefficient (Wildman–Crippen LogP) is 4.17. The summed E-state index contributed by atoms with van der Waals surface area (Å²) < 4.78 is 77.6. The summed E-state index contributed by atoms with van der Waals surface area (Å²) in [6, 6.07) is 5.82. The van der Waals surface area contributed by atoms with E-state index in [4.69, 9.17) is 0 Å². The molecule has 0 saturated heterocycles. The minimum Gasteiger partial charge on any atom is -0.374 e. The zero-order valence-electron chi connectivity index (χ0n) is 11.8.